The summed E-state index contributed by atoms with van der Waals surface area (Å²) in [5.74, 6) is 1.94. The Kier molecular flexibility index (Phi) is 4.66. The van der Waals surface area contributed by atoms with Gasteiger partial charge in [-0.1, -0.05) is 18.6 Å². The fourth-order valence-corrected chi connectivity index (χ4v) is 7.34. The Hall–Kier alpha value is -1.34. The van der Waals surface area contributed by atoms with Crippen LogP contribution in [-0.4, -0.2) is 33.6 Å². The molecular formula is C23H34N2O2. The summed E-state index contributed by atoms with van der Waals surface area (Å²) < 4.78 is 0. The highest BCUT2D eigenvalue weighted by molar-refractivity contribution is 5.81. The molecule has 1 heterocycles. The number of carbonyl (C=O) groups excluding carboxylic acids is 1. The molecule has 27 heavy (non-hydrogen) atoms. The van der Waals surface area contributed by atoms with Gasteiger partial charge in [0.2, 0.25) is 5.91 Å². The van der Waals surface area contributed by atoms with E-state index in [-0.39, 0.29) is 23.1 Å². The number of allylic oxidation sites excluding steroid dienone is 1. The van der Waals surface area contributed by atoms with Crippen LogP contribution in [0.5, 0.6) is 0 Å². The van der Waals surface area contributed by atoms with Crippen LogP contribution in [-0.2, 0) is 4.79 Å². The maximum atomic E-state index is 13.0. The van der Waals surface area contributed by atoms with Crippen LogP contribution in [0, 0.1) is 34.5 Å². The molecule has 3 aliphatic carbocycles. The number of likely N-dealkylation sites (tertiary alicyclic amines) is 1. The molecule has 0 aromatic heterocycles. The lowest BCUT2D eigenvalue weighted by molar-refractivity contribution is -0.135. The second-order valence-electron chi connectivity index (χ2n) is 10.1. The van der Waals surface area contributed by atoms with E-state index in [1.807, 2.05) is 0 Å². The van der Waals surface area contributed by atoms with Crippen LogP contribution in [0.15, 0.2) is 11.6 Å². The number of nitriles is 1. The summed E-state index contributed by atoms with van der Waals surface area (Å²) in [6, 6.07) is 2.39. The zero-order valence-corrected chi connectivity index (χ0v) is 17.1. The minimum atomic E-state index is -0.167. The average molecular weight is 371 g/mol. The van der Waals surface area contributed by atoms with Crippen LogP contribution in [0.2, 0.25) is 0 Å². The third-order valence-corrected chi connectivity index (χ3v) is 8.76. The molecule has 0 spiro atoms. The number of nitrogens with zero attached hydrogens (tertiary/aromatic N) is 2. The van der Waals surface area contributed by atoms with E-state index in [2.05, 4.69) is 37.8 Å². The van der Waals surface area contributed by atoms with Crippen molar-refractivity contribution in [3.63, 3.8) is 0 Å². The smallest absolute Gasteiger partial charge is 0.223 e. The highest BCUT2D eigenvalue weighted by Crippen LogP contribution is 2.62. The molecule has 4 rings (SSSR count). The van der Waals surface area contributed by atoms with E-state index in [4.69, 9.17) is 5.26 Å². The number of fused-ring (bicyclic) bond motifs is 5. The van der Waals surface area contributed by atoms with Gasteiger partial charge in [-0.3, -0.25) is 4.79 Å². The van der Waals surface area contributed by atoms with E-state index in [1.54, 1.807) is 0 Å². The maximum absolute atomic E-state index is 13.0. The largest absolute Gasteiger partial charge is 0.393 e. The van der Waals surface area contributed by atoms with Crippen LogP contribution in [0.3, 0.4) is 0 Å². The van der Waals surface area contributed by atoms with Gasteiger partial charge in [0.05, 0.1) is 12.2 Å². The molecule has 0 unspecified atom stereocenters. The monoisotopic (exact) mass is 370 g/mol. The SMILES string of the molecule is C[C@@H](CCC#N)N1C(=O)C[C@H]2[C@@H]3CC=C4C[C@@H](O)CC[C@]4(C)[C@H]3CC[C@@]21C. The minimum absolute atomic E-state index is 0.0526. The number of carbonyl (C=O) groups is 1. The predicted octanol–water partition coefficient (Wildman–Crippen LogP) is 4.19. The molecule has 1 aliphatic heterocycles. The van der Waals surface area contributed by atoms with E-state index < -0.39 is 0 Å². The molecule has 0 aromatic rings. The van der Waals surface area contributed by atoms with Gasteiger partial charge in [-0.25, -0.2) is 0 Å². The van der Waals surface area contributed by atoms with Crippen LogP contribution in [0.25, 0.3) is 0 Å². The molecule has 148 valence electrons. The number of aliphatic hydroxyl groups excluding tert-OH is 1. The molecule has 1 N–H and O–H groups in total. The van der Waals surface area contributed by atoms with Gasteiger partial charge >= 0.3 is 0 Å². The minimum Gasteiger partial charge on any atom is -0.393 e. The van der Waals surface area contributed by atoms with Gasteiger partial charge in [-0.05, 0) is 82.0 Å². The van der Waals surface area contributed by atoms with Crippen LogP contribution < -0.4 is 0 Å². The van der Waals surface area contributed by atoms with Gasteiger partial charge in [0, 0.05) is 24.4 Å². The topological polar surface area (TPSA) is 64.3 Å². The van der Waals surface area contributed by atoms with Gasteiger partial charge in [-0.15, -0.1) is 0 Å². The Morgan fingerprint density at radius 2 is 2.07 bits per heavy atom. The van der Waals surface area contributed by atoms with Gasteiger partial charge in [0.25, 0.3) is 0 Å². The van der Waals surface area contributed by atoms with Gasteiger partial charge < -0.3 is 10.0 Å². The van der Waals surface area contributed by atoms with Gasteiger partial charge in [0.15, 0.2) is 0 Å². The number of amides is 1. The van der Waals surface area contributed by atoms with E-state index in [0.29, 0.717) is 36.5 Å². The standard InChI is InChI=1S/C23H34N2O2/c1-15(5-4-12-24)25-21(27)14-20-18-7-6-16-13-17(26)8-10-22(16,2)19(18)9-11-23(20,25)3/h6,15,17-20,26H,4-5,7-11,13-14H2,1-3H3/t15-,17-,18+,19-,20-,22-,23-/m0/s1. The van der Waals surface area contributed by atoms with Crippen molar-refractivity contribution in [1.82, 2.24) is 4.90 Å². The van der Waals surface area contributed by atoms with Crippen LogP contribution >= 0.6 is 0 Å². The summed E-state index contributed by atoms with van der Waals surface area (Å²) in [6.45, 7) is 6.86. The Morgan fingerprint density at radius 1 is 1.30 bits per heavy atom. The fourth-order valence-electron chi connectivity index (χ4n) is 7.34. The lowest BCUT2D eigenvalue weighted by Crippen LogP contribution is -2.58. The first kappa shape index (κ1) is 19.0. The third kappa shape index (κ3) is 2.77. The molecule has 4 heteroatoms. The molecule has 7 atom stereocenters. The Labute approximate surface area is 163 Å². The van der Waals surface area contributed by atoms with Crippen molar-refractivity contribution in [1.29, 1.82) is 5.26 Å². The maximum Gasteiger partial charge on any atom is 0.223 e. The summed E-state index contributed by atoms with van der Waals surface area (Å²) in [6.07, 6.45) is 10.4. The molecular weight excluding hydrogens is 336 g/mol. The first-order valence-corrected chi connectivity index (χ1v) is 10.9. The highest BCUT2D eigenvalue weighted by atomic mass is 16.3. The van der Waals surface area contributed by atoms with E-state index in [9.17, 15) is 9.90 Å². The molecule has 1 amide bonds. The van der Waals surface area contributed by atoms with Gasteiger partial charge in [0.1, 0.15) is 0 Å². The normalized spacial score (nSPS) is 44.6. The van der Waals surface area contributed by atoms with Crippen molar-refractivity contribution in [3.05, 3.63) is 11.6 Å². The third-order valence-electron chi connectivity index (χ3n) is 8.76. The van der Waals surface area contributed by atoms with Crippen molar-refractivity contribution >= 4 is 5.91 Å². The summed E-state index contributed by atoms with van der Waals surface area (Å²) in [5.41, 5.74) is 1.64. The summed E-state index contributed by atoms with van der Waals surface area (Å²) in [7, 11) is 0. The zero-order valence-electron chi connectivity index (χ0n) is 17.1. The molecule has 0 aromatic carbocycles. The van der Waals surface area contributed by atoms with E-state index in [0.717, 1.165) is 38.5 Å². The van der Waals surface area contributed by atoms with E-state index in [1.165, 1.54) is 12.0 Å². The molecule has 2 saturated carbocycles. The quantitative estimate of drug-likeness (QED) is 0.758. The number of hydrogen-bond donors (Lipinski definition) is 1. The highest BCUT2D eigenvalue weighted by Gasteiger charge is 2.60. The Bertz CT molecular complexity index is 695. The Morgan fingerprint density at radius 3 is 2.81 bits per heavy atom. The number of rotatable bonds is 3. The second kappa shape index (κ2) is 6.62. The fraction of sp³-hybridized carbons (Fsp3) is 0.826. The first-order chi connectivity index (χ1) is 12.8. The molecule has 0 bridgehead atoms. The lowest BCUT2D eigenvalue weighted by atomic mass is 9.49. The first-order valence-electron chi connectivity index (χ1n) is 10.9. The van der Waals surface area contributed by atoms with Crippen molar-refractivity contribution in [2.45, 2.75) is 96.2 Å². The molecule has 4 aliphatic rings. The summed E-state index contributed by atoms with van der Waals surface area (Å²) >= 11 is 0. The van der Waals surface area contributed by atoms with Crippen molar-refractivity contribution in [2.24, 2.45) is 23.2 Å². The molecule has 3 fully saturated rings. The number of aliphatic hydroxyl groups is 1. The van der Waals surface area contributed by atoms with Crippen LogP contribution in [0.4, 0.5) is 0 Å². The predicted molar refractivity (Wildman–Crippen MR) is 105 cm³/mol. The zero-order chi connectivity index (χ0) is 19.4. The molecule has 1 saturated heterocycles. The van der Waals surface area contributed by atoms with Crippen LogP contribution in [0.1, 0.15) is 78.6 Å². The second-order valence-corrected chi connectivity index (χ2v) is 10.1. The van der Waals surface area contributed by atoms with E-state index >= 15 is 0 Å². The van der Waals surface area contributed by atoms with Crippen molar-refractivity contribution in [2.75, 3.05) is 0 Å². The summed E-state index contributed by atoms with van der Waals surface area (Å²) in [4.78, 5) is 15.2. The van der Waals surface area contributed by atoms with Gasteiger partial charge in [-0.2, -0.15) is 5.26 Å². The summed E-state index contributed by atoms with van der Waals surface area (Å²) in [5, 5.41) is 19.1. The Balaban J connectivity index is 1.62. The molecule has 4 nitrogen and oxygen atoms in total. The number of hydrogen-bond acceptors (Lipinski definition) is 3. The van der Waals surface area contributed by atoms with Crippen molar-refractivity contribution < 1.29 is 9.90 Å². The van der Waals surface area contributed by atoms with Crippen molar-refractivity contribution in [3.8, 4) is 6.07 Å². The lowest BCUT2D eigenvalue weighted by Gasteiger charge is -2.58. The molecule has 0 radical (unpaired) electrons. The average Bonchev–Trinajstić information content (AvgIpc) is 2.90.